The van der Waals surface area contributed by atoms with E-state index in [1.165, 1.54) is 23.5 Å². The van der Waals surface area contributed by atoms with Gasteiger partial charge in [0, 0.05) is 30.8 Å². The fourth-order valence-electron chi connectivity index (χ4n) is 1.94. The number of aliphatic hydroxyl groups is 1. The Hall–Kier alpha value is -3.33. The zero-order valence-electron chi connectivity index (χ0n) is 14.9. The molecular weight excluding hydrogens is 405 g/mol. The molecule has 9 nitrogen and oxygen atoms in total. The van der Waals surface area contributed by atoms with Gasteiger partial charge in [0.15, 0.2) is 0 Å². The van der Waals surface area contributed by atoms with Gasteiger partial charge in [-0.25, -0.2) is 14.0 Å². The van der Waals surface area contributed by atoms with Crippen LogP contribution in [-0.2, 0) is 9.59 Å². The molecule has 0 bridgehead atoms. The van der Waals surface area contributed by atoms with E-state index < -0.39 is 29.9 Å². The molecule has 0 saturated carbocycles. The molecule has 1 aromatic carbocycles. The molecule has 0 unspecified atom stereocenters. The number of aromatic nitrogens is 1. The fraction of sp³-hybridized carbons (Fsp3) is 0.222. The highest BCUT2D eigenvalue weighted by molar-refractivity contribution is 7.09. The first-order chi connectivity index (χ1) is 13.8. The molecule has 0 fully saturated rings. The van der Waals surface area contributed by atoms with Crippen LogP contribution in [0, 0.1) is 17.1 Å². The van der Waals surface area contributed by atoms with E-state index in [2.05, 4.69) is 4.98 Å². The van der Waals surface area contributed by atoms with Gasteiger partial charge in [-0.3, -0.25) is 4.98 Å². The number of rotatable bonds is 8. The van der Waals surface area contributed by atoms with Crippen molar-refractivity contribution in [2.75, 3.05) is 6.61 Å². The third-order valence-electron chi connectivity index (χ3n) is 3.22. The van der Waals surface area contributed by atoms with Crippen LogP contribution < -0.4 is 10.5 Å². The Morgan fingerprint density at radius 1 is 1.34 bits per heavy atom. The third kappa shape index (κ3) is 8.93. The van der Waals surface area contributed by atoms with E-state index in [9.17, 15) is 14.0 Å². The lowest BCUT2D eigenvalue weighted by atomic mass is 10.1. The number of hydrogen-bond acceptors (Lipinski definition) is 8. The van der Waals surface area contributed by atoms with Crippen LogP contribution in [-0.4, -0.2) is 44.9 Å². The smallest absolute Gasteiger partial charge is 0.328 e. The molecule has 0 spiro atoms. The van der Waals surface area contributed by atoms with Crippen molar-refractivity contribution in [3.05, 3.63) is 58.3 Å². The van der Waals surface area contributed by atoms with Crippen molar-refractivity contribution in [2.45, 2.75) is 18.6 Å². The van der Waals surface area contributed by atoms with Gasteiger partial charge in [-0.15, -0.1) is 11.3 Å². The molecule has 2 rings (SSSR count). The van der Waals surface area contributed by atoms with E-state index in [4.69, 9.17) is 31.1 Å². The number of nitrogens with zero attached hydrogens (tertiary/aromatic N) is 2. The van der Waals surface area contributed by atoms with Crippen molar-refractivity contribution in [3.8, 4) is 11.8 Å². The molecule has 5 N–H and O–H groups in total. The van der Waals surface area contributed by atoms with Crippen molar-refractivity contribution in [1.82, 2.24) is 4.98 Å². The van der Waals surface area contributed by atoms with Gasteiger partial charge in [0.25, 0.3) is 0 Å². The minimum atomic E-state index is -1.26. The van der Waals surface area contributed by atoms with Gasteiger partial charge < -0.3 is 25.8 Å². The number of carbonyl (C=O) groups is 2. The fourth-order valence-corrected chi connectivity index (χ4v) is 2.61. The predicted molar refractivity (Wildman–Crippen MR) is 101 cm³/mol. The van der Waals surface area contributed by atoms with E-state index in [1.807, 2.05) is 6.07 Å². The minimum absolute atomic E-state index is 0.113. The average Bonchev–Trinajstić information content (AvgIpc) is 3.22. The number of thiazole rings is 1. The second-order valence-corrected chi connectivity index (χ2v) is 6.37. The third-order valence-corrected chi connectivity index (χ3v) is 4.09. The van der Waals surface area contributed by atoms with Crippen molar-refractivity contribution >= 4 is 23.3 Å². The number of aliphatic hydroxyl groups excluding tert-OH is 1. The number of aliphatic carboxylic acids is 2. The summed E-state index contributed by atoms with van der Waals surface area (Å²) in [5, 5.41) is 33.8. The summed E-state index contributed by atoms with van der Waals surface area (Å²) in [6.07, 6.45) is 2.68. The molecule has 11 heteroatoms. The van der Waals surface area contributed by atoms with Gasteiger partial charge in [-0.05, 0) is 18.2 Å². The molecule has 1 aromatic heterocycles. The van der Waals surface area contributed by atoms with Crippen LogP contribution in [0.2, 0.25) is 0 Å². The monoisotopic (exact) mass is 423 g/mol. The van der Waals surface area contributed by atoms with Gasteiger partial charge in [0.2, 0.25) is 0 Å². The summed E-state index contributed by atoms with van der Waals surface area (Å²) in [6, 6.07) is 5.19. The summed E-state index contributed by atoms with van der Waals surface area (Å²) in [6.45, 7) is -0.173. The maximum absolute atomic E-state index is 13.1. The highest BCUT2D eigenvalue weighted by atomic mass is 32.1. The van der Waals surface area contributed by atoms with E-state index >= 15 is 0 Å². The minimum Gasteiger partial charge on any atom is -0.483 e. The first-order valence-electron chi connectivity index (χ1n) is 8.01. The summed E-state index contributed by atoms with van der Waals surface area (Å²) in [5.74, 6) is -2.73. The number of carboxylic acid groups (broad SMARTS) is 2. The molecule has 0 saturated heterocycles. The quantitative estimate of drug-likeness (QED) is 0.462. The maximum atomic E-state index is 13.1. The molecule has 29 heavy (non-hydrogen) atoms. The molecule has 0 aliphatic heterocycles. The van der Waals surface area contributed by atoms with Crippen molar-refractivity contribution in [2.24, 2.45) is 5.73 Å². The molecular formula is C18H18FN3O6S. The van der Waals surface area contributed by atoms with E-state index in [1.54, 1.807) is 11.7 Å². The summed E-state index contributed by atoms with van der Waals surface area (Å²) in [5.41, 5.74) is 7.53. The lowest BCUT2D eigenvalue weighted by Gasteiger charge is -2.21. The number of carboxylic acids is 2. The van der Waals surface area contributed by atoms with E-state index in [0.717, 1.165) is 10.9 Å². The van der Waals surface area contributed by atoms with Gasteiger partial charge in [0.1, 0.15) is 23.7 Å². The molecule has 2 atom stereocenters. The van der Waals surface area contributed by atoms with Crippen LogP contribution in [0.4, 0.5) is 4.39 Å². The maximum Gasteiger partial charge on any atom is 0.328 e. The van der Waals surface area contributed by atoms with E-state index in [0.29, 0.717) is 18.6 Å². The molecule has 2 aromatic rings. The van der Waals surface area contributed by atoms with Crippen molar-refractivity contribution in [1.29, 1.82) is 5.26 Å². The number of benzene rings is 1. The first-order valence-corrected chi connectivity index (χ1v) is 8.89. The SMILES string of the molecule is N#Cc1cc(F)ccc1O[C@H](C[C@H](N)CO)c1cncs1.O=C(O)/C=C/C(=O)O. The van der Waals surface area contributed by atoms with E-state index in [-0.39, 0.29) is 17.9 Å². The van der Waals surface area contributed by atoms with Gasteiger partial charge >= 0.3 is 11.9 Å². The molecule has 0 aliphatic rings. The van der Waals surface area contributed by atoms with Crippen molar-refractivity contribution in [3.63, 3.8) is 0 Å². The Morgan fingerprint density at radius 2 is 2.00 bits per heavy atom. The highest BCUT2D eigenvalue weighted by Gasteiger charge is 2.20. The molecule has 1 heterocycles. The number of hydrogen-bond donors (Lipinski definition) is 4. The number of ether oxygens (including phenoxy) is 1. The second kappa shape index (κ2) is 12.2. The zero-order chi connectivity index (χ0) is 21.8. The number of halogens is 1. The van der Waals surface area contributed by atoms with Crippen molar-refractivity contribution < 1.29 is 34.0 Å². The van der Waals surface area contributed by atoms with Gasteiger partial charge in [0.05, 0.1) is 22.6 Å². The summed E-state index contributed by atoms with van der Waals surface area (Å²) >= 11 is 1.39. The Kier molecular flexibility index (Phi) is 9.97. The van der Waals surface area contributed by atoms with Gasteiger partial charge in [-0.1, -0.05) is 0 Å². The average molecular weight is 423 g/mol. The molecule has 0 aliphatic carbocycles. The summed E-state index contributed by atoms with van der Waals surface area (Å²) < 4.78 is 18.9. The second-order valence-electron chi connectivity index (χ2n) is 5.45. The molecule has 154 valence electrons. The molecule has 0 radical (unpaired) electrons. The summed E-state index contributed by atoms with van der Waals surface area (Å²) in [4.78, 5) is 23.9. The highest BCUT2D eigenvalue weighted by Crippen LogP contribution is 2.30. The Labute approximate surface area is 169 Å². The number of nitrogens with two attached hydrogens (primary N) is 1. The lowest BCUT2D eigenvalue weighted by Crippen LogP contribution is -2.28. The van der Waals surface area contributed by atoms with Crippen LogP contribution >= 0.6 is 11.3 Å². The topological polar surface area (TPSA) is 167 Å². The standard InChI is InChI=1S/C14H14FN3O2S.C4H4O4/c15-10-1-2-12(9(3-10)5-16)20-13(4-11(17)7-19)14-6-18-8-21-14;5-3(6)1-2-4(7)8/h1-3,6,8,11,13,19H,4,7,17H2;1-2H,(H,5,6)(H,7,8)/b;2-1+/t11-,13+;/m0./s1. The Bertz CT molecular complexity index is 866. The van der Waals surface area contributed by atoms with Gasteiger partial charge in [-0.2, -0.15) is 5.26 Å². The number of nitriles is 1. The van der Waals surface area contributed by atoms with Crippen LogP contribution in [0.5, 0.6) is 5.75 Å². The van der Waals surface area contributed by atoms with Crippen LogP contribution in [0.15, 0.2) is 42.1 Å². The normalized spacial score (nSPS) is 12.3. The lowest BCUT2D eigenvalue weighted by molar-refractivity contribution is -0.134. The zero-order valence-corrected chi connectivity index (χ0v) is 15.8. The Morgan fingerprint density at radius 3 is 2.48 bits per heavy atom. The predicted octanol–water partition coefficient (Wildman–Crippen LogP) is 1.70. The molecule has 0 amide bonds. The largest absolute Gasteiger partial charge is 0.483 e. The van der Waals surface area contributed by atoms with Crippen LogP contribution in [0.1, 0.15) is 23.0 Å². The first kappa shape index (κ1) is 23.7. The van der Waals surface area contributed by atoms with Crippen LogP contribution in [0.3, 0.4) is 0 Å². The Balaban J connectivity index is 0.000000447. The summed E-state index contributed by atoms with van der Waals surface area (Å²) in [7, 11) is 0. The van der Waals surface area contributed by atoms with Crippen LogP contribution in [0.25, 0.3) is 0 Å².